The number of anilines is 5. The molecule has 2 aromatic carbocycles. The molecule has 178 valence electrons. The standard InChI is InChI=1S/C25H29ClN6OS/c1-17(2)34-22-9-6-5-8-21(22)30-24-20(26)16-27-25(31-24)29-19-13-11-18(12-14-19)28-23(33)10-7-15-32(3)4/h5-14,16-17H,15H2,1-4H3,(H,28,33)(H2,27,29,30,31). The minimum absolute atomic E-state index is 0.171. The van der Waals surface area contributed by atoms with Crippen LogP contribution in [0.25, 0.3) is 0 Å². The molecular weight excluding hydrogens is 468 g/mol. The van der Waals surface area contributed by atoms with Gasteiger partial charge in [-0.2, -0.15) is 4.98 Å². The van der Waals surface area contributed by atoms with E-state index in [1.54, 1.807) is 18.0 Å². The van der Waals surface area contributed by atoms with E-state index in [1.807, 2.05) is 67.5 Å². The number of rotatable bonds is 10. The number of likely N-dealkylation sites (N-methyl/N-ethyl adjacent to an activating group) is 1. The molecule has 9 heteroatoms. The predicted molar refractivity (Wildman–Crippen MR) is 144 cm³/mol. The topological polar surface area (TPSA) is 82.2 Å². The Labute approximate surface area is 210 Å². The molecule has 1 amide bonds. The van der Waals surface area contributed by atoms with Gasteiger partial charge in [0.2, 0.25) is 11.9 Å². The number of hydrogen-bond donors (Lipinski definition) is 3. The molecule has 0 aliphatic carbocycles. The molecule has 3 N–H and O–H groups in total. The summed E-state index contributed by atoms with van der Waals surface area (Å²) >= 11 is 8.13. The number of para-hydroxylation sites is 1. The first-order valence-electron chi connectivity index (χ1n) is 10.8. The van der Waals surface area contributed by atoms with Crippen molar-refractivity contribution >= 4 is 58.1 Å². The largest absolute Gasteiger partial charge is 0.338 e. The Balaban J connectivity index is 1.66. The van der Waals surface area contributed by atoms with Crippen molar-refractivity contribution in [2.45, 2.75) is 24.0 Å². The number of nitrogens with one attached hydrogen (secondary N) is 3. The van der Waals surface area contributed by atoms with Crippen LogP contribution in [0.5, 0.6) is 0 Å². The van der Waals surface area contributed by atoms with E-state index in [-0.39, 0.29) is 5.91 Å². The summed E-state index contributed by atoms with van der Waals surface area (Å²) in [5.74, 6) is 0.754. The Kier molecular flexibility index (Phi) is 9.33. The molecule has 0 aliphatic heterocycles. The van der Waals surface area contributed by atoms with E-state index >= 15 is 0 Å². The van der Waals surface area contributed by atoms with Gasteiger partial charge in [0.1, 0.15) is 5.02 Å². The van der Waals surface area contributed by atoms with Crippen molar-refractivity contribution in [1.29, 1.82) is 0 Å². The SMILES string of the molecule is CC(C)Sc1ccccc1Nc1nc(Nc2ccc(NC(=O)C=CCN(C)C)cc2)ncc1Cl. The average Bonchev–Trinajstić information content (AvgIpc) is 2.78. The summed E-state index contributed by atoms with van der Waals surface area (Å²) in [4.78, 5) is 23.9. The van der Waals surface area contributed by atoms with Gasteiger partial charge >= 0.3 is 0 Å². The molecule has 0 radical (unpaired) electrons. The molecule has 0 aliphatic rings. The van der Waals surface area contributed by atoms with Crippen LogP contribution < -0.4 is 16.0 Å². The monoisotopic (exact) mass is 496 g/mol. The van der Waals surface area contributed by atoms with Gasteiger partial charge in [-0.05, 0) is 50.5 Å². The third kappa shape index (κ3) is 8.06. The lowest BCUT2D eigenvalue weighted by molar-refractivity contribution is -0.111. The second kappa shape index (κ2) is 12.4. The number of carbonyl (C=O) groups excluding carboxylic acids is 1. The van der Waals surface area contributed by atoms with E-state index in [4.69, 9.17) is 11.6 Å². The number of aromatic nitrogens is 2. The van der Waals surface area contributed by atoms with Crippen LogP contribution in [0, 0.1) is 0 Å². The third-order valence-corrected chi connectivity index (χ3v) is 5.75. The van der Waals surface area contributed by atoms with Gasteiger partial charge in [-0.3, -0.25) is 4.79 Å². The van der Waals surface area contributed by atoms with Crippen molar-refractivity contribution in [2.24, 2.45) is 0 Å². The predicted octanol–water partition coefficient (Wildman–Crippen LogP) is 6.17. The minimum atomic E-state index is -0.171. The zero-order valence-corrected chi connectivity index (χ0v) is 21.2. The van der Waals surface area contributed by atoms with Crippen molar-refractivity contribution in [1.82, 2.24) is 14.9 Å². The highest BCUT2D eigenvalue weighted by Gasteiger charge is 2.10. The van der Waals surface area contributed by atoms with E-state index in [0.717, 1.165) is 16.3 Å². The highest BCUT2D eigenvalue weighted by atomic mass is 35.5. The van der Waals surface area contributed by atoms with Gasteiger partial charge in [0.05, 0.1) is 11.9 Å². The molecule has 3 rings (SSSR count). The summed E-state index contributed by atoms with van der Waals surface area (Å²) in [6.07, 6.45) is 4.90. The Hall–Kier alpha value is -3.07. The Morgan fingerprint density at radius 2 is 1.79 bits per heavy atom. The first-order chi connectivity index (χ1) is 16.3. The molecule has 0 unspecified atom stereocenters. The van der Waals surface area contributed by atoms with Crippen LogP contribution in [0.1, 0.15) is 13.8 Å². The van der Waals surface area contributed by atoms with Crippen LogP contribution in [0.15, 0.2) is 71.8 Å². The van der Waals surface area contributed by atoms with Gasteiger partial charge in [-0.1, -0.05) is 43.7 Å². The van der Waals surface area contributed by atoms with E-state index in [9.17, 15) is 4.79 Å². The average molecular weight is 497 g/mol. The highest BCUT2D eigenvalue weighted by Crippen LogP contribution is 2.33. The smallest absolute Gasteiger partial charge is 0.248 e. The Morgan fingerprint density at radius 1 is 1.09 bits per heavy atom. The summed E-state index contributed by atoms with van der Waals surface area (Å²) in [5, 5.41) is 10.2. The molecule has 1 aromatic heterocycles. The fraction of sp³-hybridized carbons (Fsp3) is 0.240. The van der Waals surface area contributed by atoms with Crippen molar-refractivity contribution in [3.8, 4) is 0 Å². The lowest BCUT2D eigenvalue weighted by Crippen LogP contribution is -2.12. The number of thioether (sulfide) groups is 1. The fourth-order valence-corrected chi connectivity index (χ4v) is 3.94. The van der Waals surface area contributed by atoms with Gasteiger partial charge in [0, 0.05) is 34.1 Å². The summed E-state index contributed by atoms with van der Waals surface area (Å²) in [5.41, 5.74) is 2.42. The number of benzene rings is 2. The molecule has 7 nitrogen and oxygen atoms in total. The van der Waals surface area contributed by atoms with Crippen LogP contribution in [0.3, 0.4) is 0 Å². The Morgan fingerprint density at radius 3 is 2.50 bits per heavy atom. The number of amides is 1. The first kappa shape index (κ1) is 25.6. The van der Waals surface area contributed by atoms with E-state index in [0.29, 0.717) is 34.3 Å². The van der Waals surface area contributed by atoms with Crippen molar-refractivity contribution in [3.63, 3.8) is 0 Å². The molecule has 0 saturated heterocycles. The molecule has 1 heterocycles. The van der Waals surface area contributed by atoms with Crippen LogP contribution >= 0.6 is 23.4 Å². The van der Waals surface area contributed by atoms with Crippen molar-refractivity contribution in [3.05, 3.63) is 71.9 Å². The summed E-state index contributed by atoms with van der Waals surface area (Å²) < 4.78 is 0. The molecular formula is C25H29ClN6OS. The van der Waals surface area contributed by atoms with Gasteiger partial charge < -0.3 is 20.9 Å². The van der Waals surface area contributed by atoms with E-state index < -0.39 is 0 Å². The Bertz CT molecular complexity index is 1130. The normalized spacial score (nSPS) is 11.3. The minimum Gasteiger partial charge on any atom is -0.338 e. The molecule has 3 aromatic rings. The molecule has 0 spiro atoms. The second-order valence-corrected chi connectivity index (χ2v) is 10.1. The quantitative estimate of drug-likeness (QED) is 0.228. The lowest BCUT2D eigenvalue weighted by atomic mass is 10.2. The van der Waals surface area contributed by atoms with Crippen LogP contribution in [-0.2, 0) is 4.79 Å². The zero-order chi connectivity index (χ0) is 24.5. The van der Waals surface area contributed by atoms with Gasteiger partial charge in [-0.25, -0.2) is 4.98 Å². The van der Waals surface area contributed by atoms with Gasteiger partial charge in [-0.15, -0.1) is 11.8 Å². The maximum absolute atomic E-state index is 12.0. The molecule has 34 heavy (non-hydrogen) atoms. The maximum Gasteiger partial charge on any atom is 0.248 e. The number of carbonyl (C=O) groups is 1. The van der Waals surface area contributed by atoms with Gasteiger partial charge in [0.25, 0.3) is 0 Å². The lowest BCUT2D eigenvalue weighted by Gasteiger charge is -2.14. The fourth-order valence-electron chi connectivity index (χ4n) is 2.89. The second-order valence-electron chi connectivity index (χ2n) is 8.03. The number of halogens is 1. The summed E-state index contributed by atoms with van der Waals surface area (Å²) in [6.45, 7) is 5.01. The summed E-state index contributed by atoms with van der Waals surface area (Å²) in [7, 11) is 3.89. The number of nitrogens with zero attached hydrogens (tertiary/aromatic N) is 3. The zero-order valence-electron chi connectivity index (χ0n) is 19.7. The highest BCUT2D eigenvalue weighted by molar-refractivity contribution is 8.00. The van der Waals surface area contributed by atoms with Crippen molar-refractivity contribution < 1.29 is 4.79 Å². The molecule has 0 bridgehead atoms. The third-order valence-electron chi connectivity index (χ3n) is 4.40. The van der Waals surface area contributed by atoms with E-state index in [1.165, 1.54) is 6.08 Å². The molecule has 0 atom stereocenters. The van der Waals surface area contributed by atoms with Gasteiger partial charge in [0.15, 0.2) is 5.82 Å². The van der Waals surface area contributed by atoms with E-state index in [2.05, 4.69) is 45.8 Å². The van der Waals surface area contributed by atoms with Crippen LogP contribution in [0.4, 0.5) is 28.8 Å². The molecule has 0 fully saturated rings. The first-order valence-corrected chi connectivity index (χ1v) is 12.1. The maximum atomic E-state index is 12.0. The number of hydrogen-bond acceptors (Lipinski definition) is 7. The summed E-state index contributed by atoms with van der Waals surface area (Å²) in [6, 6.07) is 15.4. The molecule has 0 saturated carbocycles. The van der Waals surface area contributed by atoms with Crippen molar-refractivity contribution in [2.75, 3.05) is 36.6 Å². The van der Waals surface area contributed by atoms with Crippen LogP contribution in [0.2, 0.25) is 5.02 Å². The van der Waals surface area contributed by atoms with Crippen LogP contribution in [-0.4, -0.2) is 46.7 Å².